The van der Waals surface area contributed by atoms with Crippen LogP contribution in [0.1, 0.15) is 6.92 Å². The molecule has 0 saturated carbocycles. The number of aromatic nitrogens is 1. The van der Waals surface area contributed by atoms with Gasteiger partial charge in [-0.15, -0.1) is 0 Å². The normalized spacial score (nSPS) is 16.0. The minimum atomic E-state index is -3.67. The largest absolute Gasteiger partial charge is 0.419 e. The average molecular weight is 422 g/mol. The van der Waals surface area contributed by atoms with Crippen LogP contribution in [0.4, 0.5) is 5.69 Å². The van der Waals surface area contributed by atoms with Crippen LogP contribution in [0.25, 0.3) is 11.1 Å². The smallest absolute Gasteiger partial charge is 0.408 e. The topological polar surface area (TPSA) is 75.8 Å². The first kappa shape index (κ1) is 19.0. The molecule has 0 unspecified atom stereocenters. The van der Waals surface area contributed by atoms with Crippen molar-refractivity contribution in [2.45, 2.75) is 18.4 Å². The van der Waals surface area contributed by atoms with Gasteiger partial charge in [-0.1, -0.05) is 17.7 Å². The molecule has 0 radical (unpaired) electrons. The molecular formula is C19H20ClN3O4S. The zero-order chi connectivity index (χ0) is 19.9. The maximum absolute atomic E-state index is 13.0. The van der Waals surface area contributed by atoms with Gasteiger partial charge in [0.25, 0.3) is 0 Å². The zero-order valence-corrected chi connectivity index (χ0v) is 16.9. The van der Waals surface area contributed by atoms with E-state index in [1.165, 1.54) is 21.0 Å². The molecule has 7 nitrogen and oxygen atoms in total. The Bertz CT molecular complexity index is 1180. The van der Waals surface area contributed by atoms with Gasteiger partial charge in [-0.25, -0.2) is 13.2 Å². The highest BCUT2D eigenvalue weighted by atomic mass is 35.5. The predicted molar refractivity (Wildman–Crippen MR) is 109 cm³/mol. The van der Waals surface area contributed by atoms with Gasteiger partial charge in [-0.05, 0) is 37.3 Å². The van der Waals surface area contributed by atoms with Gasteiger partial charge < -0.3 is 9.32 Å². The van der Waals surface area contributed by atoms with Crippen molar-refractivity contribution in [3.8, 4) is 0 Å². The van der Waals surface area contributed by atoms with Crippen molar-refractivity contribution in [3.63, 3.8) is 0 Å². The lowest BCUT2D eigenvalue weighted by molar-refractivity contribution is 0.385. The number of hydrogen-bond donors (Lipinski definition) is 0. The Morgan fingerprint density at radius 2 is 1.82 bits per heavy atom. The number of aryl methyl sites for hydroxylation is 1. The Morgan fingerprint density at radius 3 is 2.50 bits per heavy atom. The van der Waals surface area contributed by atoms with E-state index >= 15 is 0 Å². The van der Waals surface area contributed by atoms with Crippen LogP contribution in [0.2, 0.25) is 5.02 Å². The van der Waals surface area contributed by atoms with Gasteiger partial charge in [-0.2, -0.15) is 4.31 Å². The molecular weight excluding hydrogens is 402 g/mol. The molecule has 0 aliphatic carbocycles. The molecule has 2 aromatic carbocycles. The van der Waals surface area contributed by atoms with Crippen molar-refractivity contribution < 1.29 is 12.8 Å². The summed E-state index contributed by atoms with van der Waals surface area (Å²) in [5.41, 5.74) is 1.86. The first-order valence-electron chi connectivity index (χ1n) is 9.04. The molecule has 1 aliphatic rings. The number of sulfonamides is 1. The summed E-state index contributed by atoms with van der Waals surface area (Å²) in [7, 11) is -3.67. The summed E-state index contributed by atoms with van der Waals surface area (Å²) in [5, 5.41) is 0.654. The first-order chi connectivity index (χ1) is 13.4. The highest BCUT2D eigenvalue weighted by Crippen LogP contribution is 2.25. The molecule has 4 rings (SSSR count). The van der Waals surface area contributed by atoms with Crippen LogP contribution in [0, 0.1) is 0 Å². The summed E-state index contributed by atoms with van der Waals surface area (Å²) in [6.07, 6.45) is 0. The van der Waals surface area contributed by atoms with Gasteiger partial charge in [0.05, 0.1) is 10.4 Å². The number of hydrogen-bond acceptors (Lipinski definition) is 5. The van der Waals surface area contributed by atoms with Crippen LogP contribution >= 0.6 is 11.6 Å². The van der Waals surface area contributed by atoms with E-state index in [2.05, 4.69) is 4.90 Å². The summed E-state index contributed by atoms with van der Waals surface area (Å²) in [6, 6.07) is 12.1. The van der Waals surface area contributed by atoms with E-state index in [1.54, 1.807) is 6.07 Å². The Hall–Kier alpha value is -2.29. The van der Waals surface area contributed by atoms with Gasteiger partial charge in [0.15, 0.2) is 5.58 Å². The van der Waals surface area contributed by atoms with Crippen LogP contribution in [0.15, 0.2) is 56.6 Å². The first-order valence-corrected chi connectivity index (χ1v) is 10.9. The fourth-order valence-corrected chi connectivity index (χ4v) is 5.14. The molecule has 0 bridgehead atoms. The molecule has 1 fully saturated rings. The zero-order valence-electron chi connectivity index (χ0n) is 15.3. The van der Waals surface area contributed by atoms with Crippen LogP contribution in [0.3, 0.4) is 0 Å². The maximum atomic E-state index is 13.0. The Balaban J connectivity index is 1.56. The number of rotatable bonds is 4. The minimum absolute atomic E-state index is 0.133. The van der Waals surface area contributed by atoms with E-state index < -0.39 is 15.8 Å². The second-order valence-electron chi connectivity index (χ2n) is 6.61. The molecule has 148 valence electrons. The fourth-order valence-electron chi connectivity index (χ4n) is 3.52. The molecule has 1 aromatic heterocycles. The van der Waals surface area contributed by atoms with Crippen molar-refractivity contribution in [1.82, 2.24) is 8.87 Å². The second kappa shape index (κ2) is 7.27. The SMILES string of the molecule is CCn1c(=O)oc2cc(S(=O)(=O)N3CCN(c4cccc(Cl)c4)CC3)ccc21. The molecule has 0 atom stereocenters. The summed E-state index contributed by atoms with van der Waals surface area (Å²) in [4.78, 5) is 14.1. The van der Waals surface area contributed by atoms with E-state index in [4.69, 9.17) is 16.0 Å². The predicted octanol–water partition coefficient (Wildman–Crippen LogP) is 2.78. The molecule has 28 heavy (non-hydrogen) atoms. The molecule has 1 saturated heterocycles. The highest BCUT2D eigenvalue weighted by Gasteiger charge is 2.29. The van der Waals surface area contributed by atoms with Gasteiger partial charge in [0.2, 0.25) is 10.0 Å². The minimum Gasteiger partial charge on any atom is -0.408 e. The Morgan fingerprint density at radius 1 is 1.07 bits per heavy atom. The van der Waals surface area contributed by atoms with Crippen LogP contribution in [-0.4, -0.2) is 43.5 Å². The maximum Gasteiger partial charge on any atom is 0.419 e. The summed E-state index contributed by atoms with van der Waals surface area (Å²) in [5.74, 6) is -0.484. The third-order valence-electron chi connectivity index (χ3n) is 5.01. The summed E-state index contributed by atoms with van der Waals surface area (Å²) < 4.78 is 34.2. The standard InChI is InChI=1S/C19H20ClN3O4S/c1-2-23-17-7-6-16(13-18(17)27-19(23)24)28(25,26)22-10-8-21(9-11-22)15-5-3-4-14(20)12-15/h3-7,12-13H,2,8-11H2,1H3. The van der Waals surface area contributed by atoms with Gasteiger partial charge in [0.1, 0.15) is 0 Å². The molecule has 3 aromatic rings. The molecule has 9 heteroatoms. The van der Waals surface area contributed by atoms with Crippen molar-refractivity contribution in [3.05, 3.63) is 58.0 Å². The average Bonchev–Trinajstić information content (AvgIpc) is 3.02. The van der Waals surface area contributed by atoms with E-state index in [0.29, 0.717) is 43.3 Å². The quantitative estimate of drug-likeness (QED) is 0.647. The number of benzene rings is 2. The molecule has 0 spiro atoms. The Kier molecular flexibility index (Phi) is 4.95. The van der Waals surface area contributed by atoms with Crippen molar-refractivity contribution in [2.75, 3.05) is 31.1 Å². The number of anilines is 1. The third kappa shape index (κ3) is 3.32. The second-order valence-corrected chi connectivity index (χ2v) is 8.99. The lowest BCUT2D eigenvalue weighted by atomic mass is 10.2. The number of nitrogens with zero attached hydrogens (tertiary/aromatic N) is 3. The molecule has 2 heterocycles. The molecule has 0 amide bonds. The molecule has 0 N–H and O–H groups in total. The van der Waals surface area contributed by atoms with Crippen LogP contribution in [-0.2, 0) is 16.6 Å². The van der Waals surface area contributed by atoms with Crippen LogP contribution in [0.5, 0.6) is 0 Å². The number of oxazole rings is 1. The highest BCUT2D eigenvalue weighted by molar-refractivity contribution is 7.89. The van der Waals surface area contributed by atoms with E-state index in [-0.39, 0.29) is 10.5 Å². The van der Waals surface area contributed by atoms with Crippen molar-refractivity contribution in [2.24, 2.45) is 0 Å². The summed E-state index contributed by atoms with van der Waals surface area (Å²) in [6.45, 7) is 4.18. The lowest BCUT2D eigenvalue weighted by Crippen LogP contribution is -2.48. The monoisotopic (exact) mass is 421 g/mol. The van der Waals surface area contributed by atoms with Gasteiger partial charge in [0, 0.05) is 49.5 Å². The van der Waals surface area contributed by atoms with Gasteiger partial charge >= 0.3 is 5.76 Å². The van der Waals surface area contributed by atoms with Crippen molar-refractivity contribution in [1.29, 1.82) is 0 Å². The van der Waals surface area contributed by atoms with E-state index in [0.717, 1.165) is 5.69 Å². The van der Waals surface area contributed by atoms with Crippen molar-refractivity contribution >= 4 is 38.4 Å². The summed E-state index contributed by atoms with van der Waals surface area (Å²) >= 11 is 6.05. The third-order valence-corrected chi connectivity index (χ3v) is 7.14. The Labute approximate surface area is 167 Å². The number of fused-ring (bicyclic) bond motifs is 1. The fraction of sp³-hybridized carbons (Fsp3) is 0.316. The number of piperazine rings is 1. The van der Waals surface area contributed by atoms with E-state index in [1.807, 2.05) is 31.2 Å². The lowest BCUT2D eigenvalue weighted by Gasteiger charge is -2.35. The van der Waals surface area contributed by atoms with Crippen LogP contribution < -0.4 is 10.7 Å². The van der Waals surface area contributed by atoms with Gasteiger partial charge in [-0.3, -0.25) is 4.57 Å². The number of halogens is 1. The molecule has 1 aliphatic heterocycles. The van der Waals surface area contributed by atoms with E-state index in [9.17, 15) is 13.2 Å².